The molecule has 8 rings (SSSR count). The van der Waals surface area contributed by atoms with Gasteiger partial charge < -0.3 is 0 Å². The average Bonchev–Trinajstić information content (AvgIpc) is 3.55. The number of fused-ring (bicyclic) bond motifs is 4. The first kappa shape index (κ1) is 9.76. The molecule has 0 unspecified atom stereocenters. The number of pyridine rings is 2. The molecule has 0 amide bonds. The van der Waals surface area contributed by atoms with Gasteiger partial charge in [-0.05, 0) is 57.2 Å². The van der Waals surface area contributed by atoms with Crippen molar-refractivity contribution in [3.05, 3.63) is 145 Å². The van der Waals surface area contributed by atoms with Crippen LogP contribution in [-0.4, -0.2) is 9.97 Å². The van der Waals surface area contributed by atoms with Crippen molar-refractivity contribution in [2.24, 2.45) is 0 Å². The van der Waals surface area contributed by atoms with E-state index < -0.39 is 211 Å². The lowest BCUT2D eigenvalue weighted by atomic mass is 9.93. The highest BCUT2D eigenvalue weighted by atomic mass is 32.1. The molecule has 0 spiro atoms. The molecule has 3 aromatic heterocycles. The van der Waals surface area contributed by atoms with Gasteiger partial charge in [-0.1, -0.05) is 115 Å². The average molecular weight is 565 g/mol. The zero-order valence-electron chi connectivity index (χ0n) is 44.3. The summed E-state index contributed by atoms with van der Waals surface area (Å²) in [6.07, 6.45) is -0.733. The molecule has 0 aliphatic heterocycles. The maximum atomic E-state index is 9.33. The van der Waals surface area contributed by atoms with E-state index in [1.54, 1.807) is 0 Å². The number of benzene rings is 5. The van der Waals surface area contributed by atoms with Crippen LogP contribution in [0.4, 0.5) is 0 Å². The number of aromatic nitrogens is 2. The van der Waals surface area contributed by atoms with Gasteiger partial charge in [-0.25, -0.2) is 4.98 Å². The Hall–Kier alpha value is -5.12. The molecule has 0 fully saturated rings. The minimum Gasteiger partial charge on any atom is -0.254 e. The van der Waals surface area contributed by atoms with Gasteiger partial charge in [0.25, 0.3) is 0 Å². The van der Waals surface area contributed by atoms with Crippen molar-refractivity contribution in [1.29, 1.82) is 0 Å². The van der Waals surface area contributed by atoms with Crippen LogP contribution in [0.3, 0.4) is 0 Å². The number of rotatable bonds is 4. The predicted octanol–water partition coefficient (Wildman–Crippen LogP) is 10.7. The van der Waals surface area contributed by atoms with E-state index in [4.69, 9.17) is 27.4 Å². The summed E-state index contributed by atoms with van der Waals surface area (Å²) in [4.78, 5) is 7.75. The van der Waals surface area contributed by atoms with Crippen molar-refractivity contribution in [3.8, 4) is 43.3 Å². The molecular weight excluding hydrogens is 516 g/mol. The zero-order valence-corrected chi connectivity index (χ0v) is 21.1. The Bertz CT molecular complexity index is 3490. The van der Waals surface area contributed by atoms with Crippen molar-refractivity contribution in [2.45, 2.75) is 0 Å². The molecular formula is C38H24N2S. The SMILES string of the molecule is [2H]c1nc2c(c([2H])c1[2H])c([2H])c([2H])c1c([2H])c([2H])c(-c3c([2H])c([2H])c(-c4c([2H])c([2H])c(-c5sc(-c6c([2H])c([2H])c([2H])c([2H])c6[2H])c([2H])c5[2H])c([2H])c4[2H])c4c([2H])c([2H])c([2H])c([2H])c34)nc12. The maximum Gasteiger partial charge on any atom is 0.0972 e. The molecule has 0 atom stereocenters. The summed E-state index contributed by atoms with van der Waals surface area (Å²) in [5, 5.41) is -2.08. The van der Waals surface area contributed by atoms with Crippen molar-refractivity contribution in [2.75, 3.05) is 0 Å². The van der Waals surface area contributed by atoms with E-state index in [9.17, 15) is 5.48 Å². The van der Waals surface area contributed by atoms with Crippen molar-refractivity contribution < 1.29 is 32.9 Å². The van der Waals surface area contributed by atoms with E-state index in [-0.39, 0.29) is 9.75 Å². The summed E-state index contributed by atoms with van der Waals surface area (Å²) >= 11 is 0.501. The molecule has 0 saturated heterocycles. The van der Waals surface area contributed by atoms with Crippen molar-refractivity contribution in [3.63, 3.8) is 0 Å². The van der Waals surface area contributed by atoms with Gasteiger partial charge in [0.05, 0.1) is 49.6 Å². The third-order valence-electron chi connectivity index (χ3n) is 6.01. The third-order valence-corrected chi connectivity index (χ3v) is 7.03. The molecule has 41 heavy (non-hydrogen) atoms. The lowest BCUT2D eigenvalue weighted by Gasteiger charge is -2.13. The summed E-state index contributed by atoms with van der Waals surface area (Å²) in [6.45, 7) is 0. The molecule has 0 radical (unpaired) electrons. The Morgan fingerprint density at radius 2 is 1.07 bits per heavy atom. The van der Waals surface area contributed by atoms with Gasteiger partial charge in [0.15, 0.2) is 0 Å². The molecule has 0 saturated carbocycles. The molecule has 8 aromatic rings. The first-order chi connectivity index (χ1) is 30.3. The number of hydrogen-bond acceptors (Lipinski definition) is 3. The quantitative estimate of drug-likeness (QED) is 0.199. The molecule has 0 aliphatic rings. The van der Waals surface area contributed by atoms with Gasteiger partial charge >= 0.3 is 0 Å². The van der Waals surface area contributed by atoms with E-state index >= 15 is 0 Å². The second kappa shape index (κ2) is 9.81. The van der Waals surface area contributed by atoms with E-state index in [2.05, 4.69) is 9.97 Å². The highest BCUT2D eigenvalue weighted by Gasteiger charge is 2.13. The predicted molar refractivity (Wildman–Crippen MR) is 174 cm³/mol. The molecule has 2 nitrogen and oxygen atoms in total. The van der Waals surface area contributed by atoms with Crippen molar-refractivity contribution in [1.82, 2.24) is 9.97 Å². The van der Waals surface area contributed by atoms with Crippen LogP contribution in [0.2, 0.25) is 0 Å². The number of thiophene rings is 1. The normalized spacial score (nSPS) is 19.6. The fourth-order valence-corrected chi connectivity index (χ4v) is 4.96. The van der Waals surface area contributed by atoms with E-state index in [0.717, 1.165) is 0 Å². The van der Waals surface area contributed by atoms with Crippen LogP contribution < -0.4 is 0 Å². The minimum absolute atomic E-state index is 0.302. The monoisotopic (exact) mass is 564 g/mol. The fourth-order valence-electron chi connectivity index (χ4n) is 4.14. The number of hydrogen-bond donors (Lipinski definition) is 0. The van der Waals surface area contributed by atoms with E-state index in [1.165, 1.54) is 0 Å². The smallest absolute Gasteiger partial charge is 0.0972 e. The lowest BCUT2D eigenvalue weighted by molar-refractivity contribution is 1.37. The van der Waals surface area contributed by atoms with Crippen LogP contribution in [0.1, 0.15) is 32.9 Å². The minimum atomic E-state index is -0.959. The summed E-state index contributed by atoms with van der Waals surface area (Å²) in [5.74, 6) is 0. The van der Waals surface area contributed by atoms with Crippen molar-refractivity contribution >= 4 is 43.9 Å². The summed E-state index contributed by atoms with van der Waals surface area (Å²) in [7, 11) is 0. The Morgan fingerprint density at radius 1 is 0.463 bits per heavy atom. The molecule has 0 N–H and O–H groups in total. The van der Waals surface area contributed by atoms with E-state index in [0.29, 0.717) is 11.3 Å². The van der Waals surface area contributed by atoms with Crippen LogP contribution in [0, 0.1) is 0 Å². The second-order valence-corrected chi connectivity index (χ2v) is 9.41. The van der Waals surface area contributed by atoms with Gasteiger partial charge in [-0.3, -0.25) is 4.98 Å². The van der Waals surface area contributed by atoms with Crippen LogP contribution in [0.25, 0.3) is 75.8 Å². The van der Waals surface area contributed by atoms with Crippen LogP contribution in [0.5, 0.6) is 0 Å². The second-order valence-electron chi connectivity index (χ2n) is 8.39. The van der Waals surface area contributed by atoms with Crippen LogP contribution in [-0.2, 0) is 0 Å². The van der Waals surface area contributed by atoms with E-state index in [1.807, 2.05) is 0 Å². The molecule has 192 valence electrons. The first-order valence-corrected chi connectivity index (χ1v) is 12.6. The first-order valence-electron chi connectivity index (χ1n) is 23.8. The van der Waals surface area contributed by atoms with Gasteiger partial charge in [0.2, 0.25) is 0 Å². The highest BCUT2D eigenvalue weighted by molar-refractivity contribution is 7.18. The summed E-state index contributed by atoms with van der Waals surface area (Å²) in [6, 6.07) is -18.3. The molecule has 0 aliphatic carbocycles. The molecule has 3 heterocycles. The highest BCUT2D eigenvalue weighted by Crippen LogP contribution is 2.38. The van der Waals surface area contributed by atoms with Gasteiger partial charge in [0.1, 0.15) is 0 Å². The summed E-state index contributed by atoms with van der Waals surface area (Å²) < 4.78 is 209. The van der Waals surface area contributed by atoms with Gasteiger partial charge in [0, 0.05) is 32.3 Å². The Labute approximate surface area is 276 Å². The molecule has 0 bridgehead atoms. The zero-order chi connectivity index (χ0) is 48.1. The topological polar surface area (TPSA) is 25.8 Å². The van der Waals surface area contributed by atoms with Crippen LogP contribution in [0.15, 0.2) is 145 Å². The Morgan fingerprint density at radius 3 is 1.85 bits per heavy atom. The molecule has 5 aromatic carbocycles. The Balaban J connectivity index is 1.47. The maximum absolute atomic E-state index is 9.33. The Kier molecular flexibility index (Phi) is 2.34. The van der Waals surface area contributed by atoms with Gasteiger partial charge in [-0.2, -0.15) is 0 Å². The fraction of sp³-hybridized carbons (Fsp3) is 0. The largest absolute Gasteiger partial charge is 0.254 e. The summed E-state index contributed by atoms with van der Waals surface area (Å²) in [5.41, 5.74) is -4.59. The standard InChI is InChI=1S/C38H24N2S/c1-2-7-26(8-3-1)35-22-23-36(41-35)27-14-12-25(13-15-27)30-19-20-33(32-11-5-4-10-31(30)32)34-21-18-29-17-16-28-9-6-24-39-37(28)38(29)40-34/h1-24H/i1D,2D,3D,4D,5D,6D,7D,8D,9D,10D,11D,12D,13D,14D,15D,16D,17D,18D,19D,20D,21D,22D,23D,24D. The van der Waals surface area contributed by atoms with Gasteiger partial charge in [-0.15, -0.1) is 11.3 Å². The number of nitrogens with zero attached hydrogens (tertiary/aromatic N) is 2. The third kappa shape index (κ3) is 4.19. The van der Waals surface area contributed by atoms with Crippen LogP contribution >= 0.6 is 11.3 Å². The molecule has 3 heteroatoms. The lowest BCUT2D eigenvalue weighted by Crippen LogP contribution is -1.91.